The number of carbonyl (C=O) groups excluding carboxylic acids is 7. The van der Waals surface area contributed by atoms with Crippen molar-refractivity contribution in [1.29, 1.82) is 0 Å². The van der Waals surface area contributed by atoms with Gasteiger partial charge in [-0.05, 0) is 74.1 Å². The molecular weight excluding hydrogens is 865 g/mol. The topological polar surface area (TPSA) is 290 Å². The fourth-order valence-electron chi connectivity index (χ4n) is 9.05. The number of carbonyl (C=O) groups is 8. The fraction of sp³-hybridized carbons (Fsp3) is 0.511. The zero-order valence-electron chi connectivity index (χ0n) is 37.9. The number of likely N-dealkylation sites (tertiary alicyclic amines) is 3. The Bertz CT molecular complexity index is 2230. The van der Waals surface area contributed by atoms with Crippen molar-refractivity contribution in [3.63, 3.8) is 0 Å². The van der Waals surface area contributed by atoms with Crippen LogP contribution in [0.5, 0.6) is 5.75 Å². The van der Waals surface area contributed by atoms with E-state index in [0.717, 1.165) is 11.1 Å². The van der Waals surface area contributed by atoms with Crippen LogP contribution in [0.25, 0.3) is 0 Å². The number of nitrogens with two attached hydrogens (primary N) is 1. The molecule has 9 N–H and O–H groups in total. The second kappa shape index (κ2) is 23.1. The molecule has 0 spiro atoms. The first kappa shape index (κ1) is 49.6. The van der Waals surface area contributed by atoms with Gasteiger partial charge >= 0.3 is 5.97 Å². The molecule has 20 heteroatoms. The van der Waals surface area contributed by atoms with E-state index < -0.39 is 96.2 Å². The van der Waals surface area contributed by atoms with Gasteiger partial charge in [0, 0.05) is 38.7 Å². The summed E-state index contributed by atoms with van der Waals surface area (Å²) in [4.78, 5) is 120. The van der Waals surface area contributed by atoms with Gasteiger partial charge in [0.15, 0.2) is 0 Å². The normalized spacial score (nSPS) is 20.3. The fourth-order valence-corrected chi connectivity index (χ4v) is 9.05. The van der Waals surface area contributed by atoms with Crippen molar-refractivity contribution in [1.82, 2.24) is 45.9 Å². The Kier molecular flexibility index (Phi) is 17.1. The smallest absolute Gasteiger partial charge is 0.326 e. The quantitative estimate of drug-likeness (QED) is 0.0752. The van der Waals surface area contributed by atoms with Crippen LogP contribution in [0.4, 0.5) is 0 Å². The average molecular weight is 927 g/mol. The lowest BCUT2D eigenvalue weighted by Crippen LogP contribution is -2.58. The number of carboxylic acids is 1. The number of aromatic hydroxyl groups is 1. The lowest BCUT2D eigenvalue weighted by molar-refractivity contribution is -0.144. The molecule has 20 nitrogen and oxygen atoms in total. The predicted octanol–water partition coefficient (Wildman–Crippen LogP) is 0.145. The molecule has 3 saturated heterocycles. The van der Waals surface area contributed by atoms with E-state index in [1.54, 1.807) is 19.1 Å². The van der Waals surface area contributed by atoms with Crippen molar-refractivity contribution in [3.8, 4) is 5.75 Å². The molecule has 8 atom stereocenters. The molecule has 0 unspecified atom stereocenters. The summed E-state index contributed by atoms with van der Waals surface area (Å²) in [5.41, 5.74) is 8.27. The van der Waals surface area contributed by atoms with Crippen LogP contribution in [0.2, 0.25) is 0 Å². The highest BCUT2D eigenvalue weighted by Crippen LogP contribution is 2.24. The van der Waals surface area contributed by atoms with Gasteiger partial charge in [-0.15, -0.1) is 0 Å². The maximum Gasteiger partial charge on any atom is 0.326 e. The molecule has 360 valence electrons. The summed E-state index contributed by atoms with van der Waals surface area (Å²) < 4.78 is 0. The van der Waals surface area contributed by atoms with Gasteiger partial charge in [-0.25, -0.2) is 9.78 Å². The summed E-state index contributed by atoms with van der Waals surface area (Å²) in [7, 11) is 0. The molecule has 67 heavy (non-hydrogen) atoms. The van der Waals surface area contributed by atoms with Gasteiger partial charge in [0.05, 0.1) is 24.6 Å². The van der Waals surface area contributed by atoms with Gasteiger partial charge in [0.25, 0.3) is 0 Å². The first-order valence-corrected chi connectivity index (χ1v) is 23.0. The Morgan fingerprint density at radius 1 is 0.731 bits per heavy atom. The zero-order valence-corrected chi connectivity index (χ0v) is 37.9. The van der Waals surface area contributed by atoms with Crippen molar-refractivity contribution in [2.24, 2.45) is 11.7 Å². The number of nitrogens with one attached hydrogen (secondary N) is 5. The highest BCUT2D eigenvalue weighted by atomic mass is 16.4. The highest BCUT2D eigenvalue weighted by molar-refractivity contribution is 5.97. The number of phenolic OH excluding ortho intramolecular Hbond substituents is 1. The van der Waals surface area contributed by atoms with Crippen LogP contribution in [0, 0.1) is 5.92 Å². The maximum absolute atomic E-state index is 14.4. The number of hydrogen-bond acceptors (Lipinski definition) is 11. The molecule has 3 fully saturated rings. The third-order valence-electron chi connectivity index (χ3n) is 12.9. The van der Waals surface area contributed by atoms with E-state index in [-0.39, 0.29) is 44.0 Å². The second-order valence-electron chi connectivity index (χ2n) is 17.6. The summed E-state index contributed by atoms with van der Waals surface area (Å²) in [6.07, 6.45) is 6.14. The molecule has 3 aromatic rings. The minimum absolute atomic E-state index is 0.0797. The molecule has 7 amide bonds. The number of nitrogens with zero attached hydrogens (tertiary/aromatic N) is 4. The van der Waals surface area contributed by atoms with Crippen LogP contribution in [0.3, 0.4) is 0 Å². The number of aromatic amines is 1. The SMILES string of the molecule is CC[C@H](C)[C@H](NC(=O)[C@@H]1CCCN1C(=O)CNC(=O)[C@@H]1CCCN1C(=O)[C@H](Cc1ccccc1)NC(=O)[C@@H]1CCCN1C(=O)[C@@H](N)Cc1ccc(O)cc1)C(=O)N[C@@H](Cc1c[nH]cn1)C(=O)O. The van der Waals surface area contributed by atoms with Crippen LogP contribution in [0.1, 0.15) is 75.6 Å². The number of rotatable bonds is 20. The number of aliphatic carboxylic acids is 1. The third-order valence-corrected chi connectivity index (χ3v) is 12.9. The number of carboxylic acid groups (broad SMARTS) is 1. The Morgan fingerprint density at radius 2 is 1.31 bits per heavy atom. The van der Waals surface area contributed by atoms with Crippen LogP contribution >= 0.6 is 0 Å². The van der Waals surface area contributed by atoms with Crippen molar-refractivity contribution >= 4 is 47.3 Å². The lowest BCUT2D eigenvalue weighted by atomic mass is 9.97. The van der Waals surface area contributed by atoms with Crippen LogP contribution in [-0.2, 0) is 57.6 Å². The van der Waals surface area contributed by atoms with Crippen LogP contribution in [0.15, 0.2) is 67.1 Å². The summed E-state index contributed by atoms with van der Waals surface area (Å²) >= 11 is 0. The molecule has 0 radical (unpaired) electrons. The lowest BCUT2D eigenvalue weighted by Gasteiger charge is -2.31. The van der Waals surface area contributed by atoms with Crippen LogP contribution < -0.4 is 27.0 Å². The monoisotopic (exact) mass is 926 g/mol. The Balaban J connectivity index is 1.07. The Hall–Kier alpha value is -6.83. The third kappa shape index (κ3) is 12.7. The predicted molar refractivity (Wildman–Crippen MR) is 242 cm³/mol. The van der Waals surface area contributed by atoms with Crippen molar-refractivity contribution < 1.29 is 48.6 Å². The number of imidazole rings is 1. The summed E-state index contributed by atoms with van der Waals surface area (Å²) in [6.45, 7) is 3.88. The standard InChI is InChI=1S/C47H62N10O10/c1-3-28(2)40(44(63)53-35(47(66)67)24-31-25-49-27-51-31)54-43(62)37-13-7-19-55(37)39(59)26-50-41(60)36-12-8-21-57(36)46(65)34(23-29-10-5-4-6-11-29)52-42(61)38-14-9-20-56(38)45(64)33(48)22-30-15-17-32(58)18-16-30/h4-6,10-11,15-18,25,27-28,33-38,40,58H,3,7-9,12-14,19-24,26,48H2,1-2H3,(H,49,51)(H,50,60)(H,52,61)(H,53,63)(H,54,62)(H,66,67)/t28-,33-,34-,35-,36-,37-,38-,40-/m0/s1. The van der Waals surface area contributed by atoms with Crippen LogP contribution in [-0.4, -0.2) is 151 Å². The Morgan fingerprint density at radius 3 is 1.93 bits per heavy atom. The molecule has 3 aliphatic rings. The number of phenols is 1. The summed E-state index contributed by atoms with van der Waals surface area (Å²) in [6, 6.07) is 8.25. The summed E-state index contributed by atoms with van der Waals surface area (Å²) in [5.74, 6) is -5.37. The first-order chi connectivity index (χ1) is 32.1. The van der Waals surface area contributed by atoms with E-state index in [1.807, 2.05) is 37.3 Å². The van der Waals surface area contributed by atoms with E-state index in [1.165, 1.54) is 39.4 Å². The largest absolute Gasteiger partial charge is 0.508 e. The second-order valence-corrected chi connectivity index (χ2v) is 17.6. The molecular formula is C47H62N10O10. The molecule has 0 bridgehead atoms. The van der Waals surface area contributed by atoms with Gasteiger partial charge in [0.1, 0.15) is 42.0 Å². The number of H-pyrrole nitrogens is 1. The minimum Gasteiger partial charge on any atom is -0.508 e. The number of aromatic nitrogens is 2. The Labute approximate surface area is 388 Å². The van der Waals surface area contributed by atoms with Gasteiger partial charge < -0.3 is 56.9 Å². The van der Waals surface area contributed by atoms with Crippen molar-refractivity contribution in [3.05, 3.63) is 83.9 Å². The van der Waals surface area contributed by atoms with E-state index in [4.69, 9.17) is 5.73 Å². The number of amides is 7. The molecule has 1 aromatic heterocycles. The molecule has 0 saturated carbocycles. The van der Waals surface area contributed by atoms with Gasteiger partial charge in [-0.3, -0.25) is 33.6 Å². The minimum atomic E-state index is -1.30. The van der Waals surface area contributed by atoms with E-state index >= 15 is 0 Å². The van der Waals surface area contributed by atoms with Gasteiger partial charge in [0.2, 0.25) is 41.4 Å². The van der Waals surface area contributed by atoms with E-state index in [0.29, 0.717) is 57.2 Å². The zero-order chi connectivity index (χ0) is 48.2. The van der Waals surface area contributed by atoms with Crippen molar-refractivity contribution in [2.45, 2.75) is 120 Å². The maximum atomic E-state index is 14.4. The van der Waals surface area contributed by atoms with E-state index in [2.05, 4.69) is 31.2 Å². The van der Waals surface area contributed by atoms with Gasteiger partial charge in [-0.2, -0.15) is 0 Å². The molecule has 3 aliphatic heterocycles. The molecule has 2 aromatic carbocycles. The van der Waals surface area contributed by atoms with Gasteiger partial charge in [-0.1, -0.05) is 62.7 Å². The molecule has 6 rings (SSSR count). The van der Waals surface area contributed by atoms with E-state index in [9.17, 15) is 48.6 Å². The van der Waals surface area contributed by atoms with Crippen molar-refractivity contribution in [2.75, 3.05) is 26.2 Å². The number of benzene rings is 2. The average Bonchev–Trinajstić information content (AvgIpc) is 4.18. The first-order valence-electron chi connectivity index (χ1n) is 23.0. The highest BCUT2D eigenvalue weighted by Gasteiger charge is 2.42. The number of hydrogen-bond donors (Lipinski definition) is 8. The molecule has 0 aliphatic carbocycles. The summed E-state index contributed by atoms with van der Waals surface area (Å²) in [5, 5.41) is 30.3. The molecule has 4 heterocycles.